The van der Waals surface area contributed by atoms with E-state index in [-0.39, 0.29) is 12.8 Å². The fourth-order valence-electron chi connectivity index (χ4n) is 1.02. The first-order valence-electron chi connectivity index (χ1n) is 5.19. The predicted molar refractivity (Wildman–Crippen MR) is 61.0 cm³/mol. The molecule has 6 heteroatoms. The third kappa shape index (κ3) is 5.74. The maximum Gasteiger partial charge on any atom is 0.337 e. The molecular formula is C12H14O6. The first kappa shape index (κ1) is 15.8. The smallest absolute Gasteiger partial charge is 0.337 e. The molecule has 0 aliphatic rings. The summed E-state index contributed by atoms with van der Waals surface area (Å²) in [5, 5.41) is 0. The molecule has 0 aromatic heterocycles. The summed E-state index contributed by atoms with van der Waals surface area (Å²) in [7, 11) is 0. The molecule has 0 fully saturated rings. The molecule has 98 valence electrons. The normalized spacial score (nSPS) is 10.9. The Balaban J connectivity index is 4.41. The Morgan fingerprint density at radius 1 is 1.06 bits per heavy atom. The number of rotatable bonds is 6. The summed E-state index contributed by atoms with van der Waals surface area (Å²) in [6, 6.07) is 0. The van der Waals surface area contributed by atoms with E-state index in [4.69, 9.17) is 0 Å². The van der Waals surface area contributed by atoms with Crippen LogP contribution >= 0.6 is 0 Å². The van der Waals surface area contributed by atoms with Crippen LogP contribution in [0.4, 0.5) is 0 Å². The van der Waals surface area contributed by atoms with Gasteiger partial charge in [-0.3, -0.25) is 9.59 Å². The van der Waals surface area contributed by atoms with E-state index in [9.17, 15) is 19.2 Å². The third-order valence-corrected chi connectivity index (χ3v) is 1.99. The SMILES string of the molecule is C=CC(=O)OC(=O)CC(CC)C(=O)OC(=O)C=C. The van der Waals surface area contributed by atoms with Gasteiger partial charge in [-0.2, -0.15) is 0 Å². The van der Waals surface area contributed by atoms with Crippen LogP contribution in [0.3, 0.4) is 0 Å². The van der Waals surface area contributed by atoms with Crippen molar-refractivity contribution in [1.29, 1.82) is 0 Å². The van der Waals surface area contributed by atoms with Crippen LogP contribution in [0.15, 0.2) is 25.3 Å². The van der Waals surface area contributed by atoms with Gasteiger partial charge in [0.2, 0.25) is 0 Å². The molecule has 0 rings (SSSR count). The number of esters is 4. The van der Waals surface area contributed by atoms with Crippen LogP contribution < -0.4 is 0 Å². The second-order valence-corrected chi connectivity index (χ2v) is 3.25. The van der Waals surface area contributed by atoms with Crippen molar-refractivity contribution in [2.45, 2.75) is 19.8 Å². The first-order chi connectivity index (χ1) is 8.44. The summed E-state index contributed by atoms with van der Waals surface area (Å²) in [5.41, 5.74) is 0. The zero-order chi connectivity index (χ0) is 14.1. The van der Waals surface area contributed by atoms with Gasteiger partial charge >= 0.3 is 23.9 Å². The second-order valence-electron chi connectivity index (χ2n) is 3.25. The Morgan fingerprint density at radius 2 is 1.56 bits per heavy atom. The molecule has 0 saturated heterocycles. The maximum absolute atomic E-state index is 11.4. The van der Waals surface area contributed by atoms with Crippen LogP contribution in [0.1, 0.15) is 19.8 Å². The molecule has 0 heterocycles. The van der Waals surface area contributed by atoms with Crippen molar-refractivity contribution in [3.05, 3.63) is 25.3 Å². The quantitative estimate of drug-likeness (QED) is 0.398. The van der Waals surface area contributed by atoms with Gasteiger partial charge in [-0.15, -0.1) is 0 Å². The third-order valence-electron chi connectivity index (χ3n) is 1.99. The summed E-state index contributed by atoms with van der Waals surface area (Å²) in [4.78, 5) is 44.2. The Morgan fingerprint density at radius 3 is 2.00 bits per heavy atom. The highest BCUT2D eigenvalue weighted by Crippen LogP contribution is 2.12. The molecular weight excluding hydrogens is 240 g/mol. The van der Waals surface area contributed by atoms with E-state index < -0.39 is 29.8 Å². The van der Waals surface area contributed by atoms with Crippen molar-refractivity contribution in [3.63, 3.8) is 0 Å². The molecule has 0 spiro atoms. The molecule has 1 atom stereocenters. The zero-order valence-electron chi connectivity index (χ0n) is 10.0. The molecule has 1 unspecified atom stereocenters. The van der Waals surface area contributed by atoms with E-state index in [1.807, 2.05) is 0 Å². The van der Waals surface area contributed by atoms with Crippen molar-refractivity contribution in [3.8, 4) is 0 Å². The molecule has 0 radical (unpaired) electrons. The zero-order valence-corrected chi connectivity index (χ0v) is 10.0. The van der Waals surface area contributed by atoms with Gasteiger partial charge in [0, 0.05) is 12.2 Å². The van der Waals surface area contributed by atoms with Gasteiger partial charge in [0.05, 0.1) is 12.3 Å². The van der Waals surface area contributed by atoms with Crippen molar-refractivity contribution >= 4 is 23.9 Å². The topological polar surface area (TPSA) is 86.7 Å². The van der Waals surface area contributed by atoms with Gasteiger partial charge < -0.3 is 9.47 Å². The average Bonchev–Trinajstić information content (AvgIpc) is 2.35. The molecule has 0 amide bonds. The molecule has 18 heavy (non-hydrogen) atoms. The van der Waals surface area contributed by atoms with E-state index in [0.29, 0.717) is 0 Å². The minimum atomic E-state index is -0.898. The van der Waals surface area contributed by atoms with Crippen molar-refractivity contribution in [1.82, 2.24) is 0 Å². The van der Waals surface area contributed by atoms with Crippen molar-refractivity contribution in [2.75, 3.05) is 0 Å². The molecule has 0 aromatic rings. The molecule has 6 nitrogen and oxygen atoms in total. The van der Waals surface area contributed by atoms with Crippen LogP contribution in [0, 0.1) is 5.92 Å². The number of carbonyl (C=O) groups excluding carboxylic acids is 4. The lowest BCUT2D eigenvalue weighted by atomic mass is 10.0. The van der Waals surface area contributed by atoms with Crippen LogP contribution in [0.5, 0.6) is 0 Å². The number of carbonyl (C=O) groups is 4. The Hall–Kier alpha value is -2.24. The summed E-state index contributed by atoms with van der Waals surface area (Å²) in [6.07, 6.45) is 1.59. The van der Waals surface area contributed by atoms with Gasteiger partial charge in [-0.05, 0) is 6.42 Å². The van der Waals surface area contributed by atoms with Crippen LogP contribution in [0.25, 0.3) is 0 Å². The fourth-order valence-corrected chi connectivity index (χ4v) is 1.02. The summed E-state index contributed by atoms with van der Waals surface area (Å²) >= 11 is 0. The monoisotopic (exact) mass is 254 g/mol. The number of hydrogen-bond donors (Lipinski definition) is 0. The van der Waals surface area contributed by atoms with E-state index in [1.165, 1.54) is 0 Å². The van der Waals surface area contributed by atoms with Gasteiger partial charge in [-0.25, -0.2) is 9.59 Å². The Kier molecular flexibility index (Phi) is 6.95. The first-order valence-corrected chi connectivity index (χ1v) is 5.19. The van der Waals surface area contributed by atoms with E-state index in [2.05, 4.69) is 22.6 Å². The van der Waals surface area contributed by atoms with Gasteiger partial charge in [0.15, 0.2) is 0 Å². The molecule has 0 saturated carbocycles. The standard InChI is InChI=1S/C12H14O6/c1-4-8(12(16)18-10(14)6-3)7-11(15)17-9(13)5-2/h5-6,8H,2-4,7H2,1H3. The highest BCUT2D eigenvalue weighted by molar-refractivity contribution is 5.95. The fraction of sp³-hybridized carbons (Fsp3) is 0.333. The van der Waals surface area contributed by atoms with Crippen molar-refractivity contribution < 1.29 is 28.7 Å². The van der Waals surface area contributed by atoms with E-state index >= 15 is 0 Å². The molecule has 0 aliphatic heterocycles. The number of ether oxygens (including phenoxy) is 2. The summed E-state index contributed by atoms with van der Waals surface area (Å²) < 4.78 is 8.68. The summed E-state index contributed by atoms with van der Waals surface area (Å²) in [5.74, 6) is -4.38. The van der Waals surface area contributed by atoms with E-state index in [1.54, 1.807) is 6.92 Å². The highest BCUT2D eigenvalue weighted by Gasteiger charge is 2.24. The molecule has 0 aromatic carbocycles. The highest BCUT2D eigenvalue weighted by atomic mass is 16.6. The van der Waals surface area contributed by atoms with Crippen LogP contribution in [0.2, 0.25) is 0 Å². The minimum absolute atomic E-state index is 0.265. The Bertz CT molecular complexity index is 382. The lowest BCUT2D eigenvalue weighted by Gasteiger charge is -2.10. The van der Waals surface area contributed by atoms with Crippen LogP contribution in [-0.2, 0) is 28.7 Å². The minimum Gasteiger partial charge on any atom is -0.390 e. The average molecular weight is 254 g/mol. The number of hydrogen-bond acceptors (Lipinski definition) is 6. The van der Waals surface area contributed by atoms with E-state index in [0.717, 1.165) is 12.2 Å². The van der Waals surface area contributed by atoms with Gasteiger partial charge in [0.1, 0.15) is 0 Å². The molecule has 0 N–H and O–H groups in total. The predicted octanol–water partition coefficient (Wildman–Crippen LogP) is 0.914. The van der Waals surface area contributed by atoms with Gasteiger partial charge in [0.25, 0.3) is 0 Å². The molecule has 0 aliphatic carbocycles. The largest absolute Gasteiger partial charge is 0.390 e. The van der Waals surface area contributed by atoms with Crippen LogP contribution in [-0.4, -0.2) is 23.9 Å². The van der Waals surface area contributed by atoms with Crippen molar-refractivity contribution in [2.24, 2.45) is 5.92 Å². The second kappa shape index (κ2) is 7.94. The maximum atomic E-state index is 11.4. The van der Waals surface area contributed by atoms with Gasteiger partial charge in [-0.1, -0.05) is 20.1 Å². The lowest BCUT2D eigenvalue weighted by Crippen LogP contribution is -2.24. The molecule has 0 bridgehead atoms. The lowest BCUT2D eigenvalue weighted by molar-refractivity contribution is -0.165. The summed E-state index contributed by atoms with van der Waals surface area (Å²) in [6.45, 7) is 7.89. The Labute approximate surface area is 104 Å².